The number of pyridine rings is 1. The number of amides is 4. The molecule has 2 aliphatic heterocycles. The molecule has 0 bridgehead atoms. The first kappa shape index (κ1) is 39.3. The van der Waals surface area contributed by atoms with Crippen molar-refractivity contribution in [2.24, 2.45) is 5.92 Å². The fraction of sp³-hybridized carbons (Fsp3) is 0.239. The van der Waals surface area contributed by atoms with E-state index in [1.165, 1.54) is 4.90 Å². The first-order chi connectivity index (χ1) is 28.6. The summed E-state index contributed by atoms with van der Waals surface area (Å²) in [5, 5.41) is 18.0. The number of aliphatic hydroxyl groups is 1. The van der Waals surface area contributed by atoms with Gasteiger partial charge in [-0.05, 0) is 104 Å². The standard InChI is InChI=1S/C46H42ClN5O7/c1-27-23-25-52(45(56)40-33-10-6-12-38(58-2)34(33)26-39(47)50-40)41(27)44(55)49-32-19-15-29(16-20-32)37-22-21-36(59-37)28-13-17-31(18-14-28)48-43(54)35-11-7-24-51(35)46(57)42(53)30-8-4-3-5-9-30/h3-6,8-10,12-22,26-27,35,41-42,53H,7,11,23-25H2,1-2H3,(H,48,54)(H,49,55)/t27?,35-,41-,42+/m0/s1. The Labute approximate surface area is 345 Å². The van der Waals surface area contributed by atoms with E-state index >= 15 is 0 Å². The van der Waals surface area contributed by atoms with Crippen LogP contribution in [0.4, 0.5) is 11.4 Å². The Morgan fingerprint density at radius 3 is 2.07 bits per heavy atom. The Morgan fingerprint density at radius 2 is 1.42 bits per heavy atom. The molecule has 3 N–H and O–H groups in total. The highest BCUT2D eigenvalue weighted by Crippen LogP contribution is 2.34. The summed E-state index contributed by atoms with van der Waals surface area (Å²) < 4.78 is 11.7. The smallest absolute Gasteiger partial charge is 0.273 e. The maximum Gasteiger partial charge on any atom is 0.273 e. The summed E-state index contributed by atoms with van der Waals surface area (Å²) >= 11 is 6.35. The van der Waals surface area contributed by atoms with Crippen LogP contribution < -0.4 is 15.4 Å². The van der Waals surface area contributed by atoms with Gasteiger partial charge in [-0.15, -0.1) is 0 Å². The number of nitrogens with one attached hydrogen (secondary N) is 2. The van der Waals surface area contributed by atoms with Crippen LogP contribution in [0.15, 0.2) is 120 Å². The van der Waals surface area contributed by atoms with E-state index in [0.717, 1.165) is 11.1 Å². The van der Waals surface area contributed by atoms with E-state index in [2.05, 4.69) is 15.6 Å². The molecule has 6 aromatic rings. The number of furan rings is 1. The summed E-state index contributed by atoms with van der Waals surface area (Å²) in [6.45, 7) is 2.76. The van der Waals surface area contributed by atoms with Crippen LogP contribution in [-0.4, -0.2) is 75.8 Å². The molecule has 4 amide bonds. The molecule has 2 aromatic heterocycles. The van der Waals surface area contributed by atoms with Gasteiger partial charge in [0.05, 0.1) is 7.11 Å². The van der Waals surface area contributed by atoms with Crippen LogP contribution in [0.3, 0.4) is 0 Å². The first-order valence-electron chi connectivity index (χ1n) is 19.5. The molecule has 0 radical (unpaired) electrons. The molecule has 2 fully saturated rings. The second-order valence-electron chi connectivity index (χ2n) is 14.9. The van der Waals surface area contributed by atoms with Crippen molar-refractivity contribution in [1.82, 2.24) is 14.8 Å². The highest BCUT2D eigenvalue weighted by molar-refractivity contribution is 6.30. The van der Waals surface area contributed by atoms with E-state index in [-0.39, 0.29) is 34.5 Å². The third-order valence-electron chi connectivity index (χ3n) is 11.1. The number of aliphatic hydroxyl groups excluding tert-OH is 1. The summed E-state index contributed by atoms with van der Waals surface area (Å²) in [6.07, 6.45) is 0.507. The molecule has 300 valence electrons. The van der Waals surface area contributed by atoms with Gasteiger partial charge >= 0.3 is 0 Å². The van der Waals surface area contributed by atoms with Crippen molar-refractivity contribution >= 4 is 57.4 Å². The zero-order chi connectivity index (χ0) is 41.2. The number of aromatic nitrogens is 1. The molecular weight excluding hydrogens is 770 g/mol. The highest BCUT2D eigenvalue weighted by atomic mass is 35.5. The summed E-state index contributed by atoms with van der Waals surface area (Å²) in [5.74, 6) is 0.271. The number of nitrogens with zero attached hydrogens (tertiary/aromatic N) is 3. The molecule has 12 nitrogen and oxygen atoms in total. The fourth-order valence-electron chi connectivity index (χ4n) is 8.03. The Morgan fingerprint density at radius 1 is 0.780 bits per heavy atom. The fourth-order valence-corrected chi connectivity index (χ4v) is 8.23. The number of ether oxygens (including phenoxy) is 1. The van der Waals surface area contributed by atoms with Gasteiger partial charge in [-0.3, -0.25) is 19.2 Å². The van der Waals surface area contributed by atoms with Gasteiger partial charge in [-0.2, -0.15) is 0 Å². The van der Waals surface area contributed by atoms with Crippen molar-refractivity contribution in [3.8, 4) is 28.4 Å². The number of fused-ring (bicyclic) bond motifs is 1. The lowest BCUT2D eigenvalue weighted by atomic mass is 10.0. The lowest BCUT2D eigenvalue weighted by molar-refractivity contribution is -0.144. The Hall–Kier alpha value is -6.50. The van der Waals surface area contributed by atoms with Crippen LogP contribution in [0, 0.1) is 5.92 Å². The normalized spacial score (nSPS) is 18.1. The second kappa shape index (κ2) is 16.8. The predicted molar refractivity (Wildman–Crippen MR) is 225 cm³/mol. The zero-order valence-corrected chi connectivity index (χ0v) is 33.2. The Balaban J connectivity index is 0.893. The number of methoxy groups -OCH3 is 1. The number of rotatable bonds is 10. The van der Waals surface area contributed by atoms with E-state index in [9.17, 15) is 24.3 Å². The Bertz CT molecular complexity index is 2530. The van der Waals surface area contributed by atoms with Crippen molar-refractivity contribution < 1.29 is 33.4 Å². The van der Waals surface area contributed by atoms with E-state index in [1.807, 2.05) is 49.4 Å². The van der Waals surface area contributed by atoms with Crippen LogP contribution in [-0.2, 0) is 14.4 Å². The molecule has 0 spiro atoms. The molecule has 4 atom stereocenters. The maximum atomic E-state index is 14.0. The monoisotopic (exact) mass is 811 g/mol. The number of hydrogen-bond donors (Lipinski definition) is 3. The van der Waals surface area contributed by atoms with Crippen LogP contribution in [0.5, 0.6) is 5.75 Å². The summed E-state index contributed by atoms with van der Waals surface area (Å²) in [4.78, 5) is 61.5. The number of carbonyl (C=O) groups is 4. The van der Waals surface area contributed by atoms with Gasteiger partial charge in [0.1, 0.15) is 40.2 Å². The lowest BCUT2D eigenvalue weighted by Gasteiger charge is -2.26. The largest absolute Gasteiger partial charge is 0.496 e. The summed E-state index contributed by atoms with van der Waals surface area (Å²) in [7, 11) is 1.55. The molecule has 4 heterocycles. The summed E-state index contributed by atoms with van der Waals surface area (Å²) in [5.41, 5.74) is 3.40. The van der Waals surface area contributed by atoms with Crippen molar-refractivity contribution in [1.29, 1.82) is 0 Å². The molecule has 4 aromatic carbocycles. The third-order valence-corrected chi connectivity index (χ3v) is 11.3. The second-order valence-corrected chi connectivity index (χ2v) is 15.2. The number of carbonyl (C=O) groups excluding carboxylic acids is 4. The minimum absolute atomic E-state index is 0.0847. The van der Waals surface area contributed by atoms with Gasteiger partial charge in [-0.25, -0.2) is 4.98 Å². The zero-order valence-electron chi connectivity index (χ0n) is 32.4. The first-order valence-corrected chi connectivity index (χ1v) is 19.9. The number of anilines is 2. The van der Waals surface area contributed by atoms with E-state index < -0.39 is 24.1 Å². The summed E-state index contributed by atoms with van der Waals surface area (Å²) in [6, 6.07) is 32.6. The topological polar surface area (TPSA) is 154 Å². The SMILES string of the molecule is COc1cccc2c(C(=O)N3CCC(C)[C@H]3C(=O)Nc3ccc(-c4ccc(-c5ccc(NC(=O)[C@@H]6CCCN6C(=O)[C@H](O)c6ccccc6)cc5)o4)cc3)nc(Cl)cc12. The molecule has 2 saturated heterocycles. The molecule has 0 saturated carbocycles. The van der Waals surface area contributed by atoms with Crippen LogP contribution in [0.25, 0.3) is 33.4 Å². The van der Waals surface area contributed by atoms with Crippen LogP contribution in [0.1, 0.15) is 48.3 Å². The van der Waals surface area contributed by atoms with Gasteiger partial charge < -0.3 is 34.7 Å². The van der Waals surface area contributed by atoms with E-state index in [4.69, 9.17) is 20.8 Å². The number of halogens is 1. The van der Waals surface area contributed by atoms with Crippen molar-refractivity contribution in [2.45, 2.75) is 44.4 Å². The lowest BCUT2D eigenvalue weighted by Crippen LogP contribution is -2.45. The molecule has 13 heteroatoms. The molecule has 8 rings (SSSR count). The minimum Gasteiger partial charge on any atom is -0.496 e. The van der Waals surface area contributed by atoms with Gasteiger partial charge in [-0.1, -0.05) is 61.0 Å². The van der Waals surface area contributed by atoms with Gasteiger partial charge in [0.15, 0.2) is 6.10 Å². The Kier molecular flexibility index (Phi) is 11.2. The van der Waals surface area contributed by atoms with Gasteiger partial charge in [0.2, 0.25) is 11.8 Å². The van der Waals surface area contributed by atoms with Gasteiger partial charge in [0.25, 0.3) is 11.8 Å². The average molecular weight is 812 g/mol. The van der Waals surface area contributed by atoms with Gasteiger partial charge in [0, 0.05) is 46.4 Å². The van der Waals surface area contributed by atoms with Crippen molar-refractivity contribution in [2.75, 3.05) is 30.8 Å². The van der Waals surface area contributed by atoms with Crippen LogP contribution >= 0.6 is 11.6 Å². The van der Waals surface area contributed by atoms with Crippen LogP contribution in [0.2, 0.25) is 5.15 Å². The van der Waals surface area contributed by atoms with E-state index in [1.54, 1.807) is 84.8 Å². The van der Waals surface area contributed by atoms with Crippen molar-refractivity contribution in [3.63, 3.8) is 0 Å². The van der Waals surface area contributed by atoms with E-state index in [0.29, 0.717) is 77.3 Å². The predicted octanol–water partition coefficient (Wildman–Crippen LogP) is 7.98. The quantitative estimate of drug-likeness (QED) is 0.118. The average Bonchev–Trinajstić information content (AvgIpc) is 4.04. The van der Waals surface area contributed by atoms with Crippen molar-refractivity contribution in [3.05, 3.63) is 132 Å². The highest BCUT2D eigenvalue weighted by Gasteiger charge is 2.41. The molecule has 0 aliphatic carbocycles. The number of likely N-dealkylation sites (tertiary alicyclic amines) is 2. The molecule has 1 unspecified atom stereocenters. The molecule has 59 heavy (non-hydrogen) atoms. The molecule has 2 aliphatic rings. The maximum absolute atomic E-state index is 14.0. The third kappa shape index (κ3) is 8.01. The minimum atomic E-state index is -1.33. The molecular formula is C46H42ClN5O7. The number of hydrogen-bond acceptors (Lipinski definition) is 8. The number of benzene rings is 4.